The Morgan fingerprint density at radius 1 is 1.30 bits per heavy atom. The highest BCUT2D eigenvalue weighted by molar-refractivity contribution is 5.90. The van der Waals surface area contributed by atoms with Crippen molar-refractivity contribution in [3.63, 3.8) is 0 Å². The fourth-order valence-electron chi connectivity index (χ4n) is 3.56. The number of likely N-dealkylation sites (tertiary alicyclic amines) is 2. The molecular weight excluding hydrogens is 292 g/mol. The fraction of sp³-hybridized carbons (Fsp3) is 0.647. The lowest BCUT2D eigenvalue weighted by molar-refractivity contribution is -0.116. The summed E-state index contributed by atoms with van der Waals surface area (Å²) in [5.74, 6) is -0.00564. The second-order valence-electron chi connectivity index (χ2n) is 6.53. The summed E-state index contributed by atoms with van der Waals surface area (Å²) >= 11 is 0. The molecule has 2 aliphatic heterocycles. The number of aliphatic hydroxyl groups is 1. The van der Waals surface area contributed by atoms with Gasteiger partial charge >= 0.3 is 0 Å². The third-order valence-electron chi connectivity index (χ3n) is 4.79. The largest absolute Gasteiger partial charge is 0.390 e. The molecule has 2 N–H and O–H groups in total. The van der Waals surface area contributed by atoms with Crippen LogP contribution in [0.3, 0.4) is 0 Å². The topological polar surface area (TPSA) is 68.7 Å². The number of β-amino-alcohol motifs (C(OH)–C–C–N with tert-alkyl or cyclic N) is 1. The van der Waals surface area contributed by atoms with E-state index < -0.39 is 0 Å². The van der Waals surface area contributed by atoms with Gasteiger partial charge in [0.1, 0.15) is 0 Å². The number of nitrogens with zero attached hydrogens (tertiary/aromatic N) is 3. The minimum Gasteiger partial charge on any atom is -0.390 e. The standard InChI is InChI=1S/C17H26N4O2/c22-16-13-20(12-15(16)21-8-2-1-3-9-21)10-6-17(23)19-14-5-4-7-18-11-14/h4-5,7,11,15-16,22H,1-3,6,8-10,12-13H2,(H,19,23)/t15-,16-/m0/s1. The van der Waals surface area contributed by atoms with Crippen LogP contribution in [-0.2, 0) is 4.79 Å². The third-order valence-corrected chi connectivity index (χ3v) is 4.79. The summed E-state index contributed by atoms with van der Waals surface area (Å²) < 4.78 is 0. The SMILES string of the molecule is O=C(CCN1C[C@H](O)[C@@H](N2CCCCC2)C1)Nc1cccnc1. The molecule has 0 aliphatic carbocycles. The first kappa shape index (κ1) is 16.4. The minimum absolute atomic E-state index is 0.00564. The van der Waals surface area contributed by atoms with Crippen molar-refractivity contribution in [2.45, 2.75) is 37.8 Å². The zero-order valence-corrected chi connectivity index (χ0v) is 13.5. The molecule has 6 nitrogen and oxygen atoms in total. The van der Waals surface area contributed by atoms with E-state index in [1.54, 1.807) is 18.5 Å². The van der Waals surface area contributed by atoms with Crippen molar-refractivity contribution < 1.29 is 9.90 Å². The molecule has 6 heteroatoms. The van der Waals surface area contributed by atoms with Crippen LogP contribution >= 0.6 is 0 Å². The van der Waals surface area contributed by atoms with Gasteiger partial charge in [-0.3, -0.25) is 19.6 Å². The summed E-state index contributed by atoms with van der Waals surface area (Å²) in [5.41, 5.74) is 0.727. The van der Waals surface area contributed by atoms with Crippen LogP contribution in [0.5, 0.6) is 0 Å². The van der Waals surface area contributed by atoms with Crippen molar-refractivity contribution in [2.75, 3.05) is 38.0 Å². The molecule has 2 fully saturated rings. The molecule has 0 spiro atoms. The van der Waals surface area contributed by atoms with Crippen molar-refractivity contribution in [1.82, 2.24) is 14.8 Å². The molecule has 0 bridgehead atoms. The number of nitrogens with one attached hydrogen (secondary N) is 1. The maximum absolute atomic E-state index is 12.0. The summed E-state index contributed by atoms with van der Waals surface area (Å²) in [4.78, 5) is 20.6. The summed E-state index contributed by atoms with van der Waals surface area (Å²) in [6.45, 7) is 4.41. The van der Waals surface area contributed by atoms with E-state index in [9.17, 15) is 9.90 Å². The van der Waals surface area contributed by atoms with Crippen LogP contribution in [0.25, 0.3) is 0 Å². The normalized spacial score (nSPS) is 26.3. The highest BCUT2D eigenvalue weighted by atomic mass is 16.3. The highest BCUT2D eigenvalue weighted by Gasteiger charge is 2.35. The molecule has 126 valence electrons. The van der Waals surface area contributed by atoms with E-state index in [0.717, 1.165) is 25.3 Å². The van der Waals surface area contributed by atoms with Gasteiger partial charge in [-0.1, -0.05) is 6.42 Å². The summed E-state index contributed by atoms with van der Waals surface area (Å²) in [6, 6.07) is 3.86. The van der Waals surface area contributed by atoms with E-state index in [0.29, 0.717) is 19.5 Å². The van der Waals surface area contributed by atoms with Crippen LogP contribution in [0, 0.1) is 0 Å². The molecule has 3 rings (SSSR count). The smallest absolute Gasteiger partial charge is 0.225 e. The predicted octanol–water partition coefficient (Wildman–Crippen LogP) is 0.941. The summed E-state index contributed by atoms with van der Waals surface area (Å²) in [6.07, 6.45) is 7.24. The second-order valence-corrected chi connectivity index (χ2v) is 6.53. The Kier molecular flexibility index (Phi) is 5.59. The first-order valence-corrected chi connectivity index (χ1v) is 8.57. The Morgan fingerprint density at radius 2 is 2.13 bits per heavy atom. The number of rotatable bonds is 5. The Bertz CT molecular complexity index is 505. The van der Waals surface area contributed by atoms with Crippen molar-refractivity contribution in [3.8, 4) is 0 Å². The zero-order valence-electron chi connectivity index (χ0n) is 13.5. The van der Waals surface area contributed by atoms with Gasteiger partial charge < -0.3 is 10.4 Å². The number of carbonyl (C=O) groups is 1. The van der Waals surface area contributed by atoms with Crippen LogP contribution in [0.2, 0.25) is 0 Å². The minimum atomic E-state index is -0.297. The van der Waals surface area contributed by atoms with Gasteiger partial charge in [0.05, 0.1) is 18.0 Å². The predicted molar refractivity (Wildman–Crippen MR) is 89.1 cm³/mol. The second kappa shape index (κ2) is 7.86. The molecule has 1 amide bonds. The van der Waals surface area contributed by atoms with Crippen molar-refractivity contribution in [3.05, 3.63) is 24.5 Å². The van der Waals surface area contributed by atoms with Crippen LogP contribution in [0.1, 0.15) is 25.7 Å². The van der Waals surface area contributed by atoms with Crippen LogP contribution in [0.15, 0.2) is 24.5 Å². The molecular formula is C17H26N4O2. The molecule has 23 heavy (non-hydrogen) atoms. The number of hydrogen-bond acceptors (Lipinski definition) is 5. The number of aromatic nitrogens is 1. The maximum atomic E-state index is 12.0. The molecule has 3 heterocycles. The molecule has 0 aromatic carbocycles. The number of amides is 1. The lowest BCUT2D eigenvalue weighted by atomic mass is 10.1. The first-order valence-electron chi connectivity index (χ1n) is 8.57. The highest BCUT2D eigenvalue weighted by Crippen LogP contribution is 2.20. The van der Waals surface area contributed by atoms with E-state index in [-0.39, 0.29) is 18.1 Å². The first-order chi connectivity index (χ1) is 11.2. The van der Waals surface area contributed by atoms with E-state index in [1.165, 1.54) is 19.3 Å². The molecule has 2 saturated heterocycles. The van der Waals surface area contributed by atoms with E-state index >= 15 is 0 Å². The maximum Gasteiger partial charge on any atom is 0.225 e. The number of aliphatic hydroxyl groups excluding tert-OH is 1. The Balaban J connectivity index is 1.43. The molecule has 1 aromatic rings. The molecule has 1 aromatic heterocycles. The number of anilines is 1. The summed E-state index contributed by atoms with van der Waals surface area (Å²) in [5, 5.41) is 13.2. The quantitative estimate of drug-likeness (QED) is 0.846. The van der Waals surface area contributed by atoms with Gasteiger partial charge in [-0.05, 0) is 38.1 Å². The average molecular weight is 318 g/mol. The van der Waals surface area contributed by atoms with Crippen molar-refractivity contribution >= 4 is 11.6 Å². The molecule has 2 aliphatic rings. The number of carbonyl (C=O) groups excluding carboxylic acids is 1. The fourth-order valence-corrected chi connectivity index (χ4v) is 3.56. The number of piperidine rings is 1. The monoisotopic (exact) mass is 318 g/mol. The summed E-state index contributed by atoms with van der Waals surface area (Å²) in [7, 11) is 0. The van der Waals surface area contributed by atoms with Gasteiger partial charge in [-0.15, -0.1) is 0 Å². The van der Waals surface area contributed by atoms with Crippen molar-refractivity contribution in [1.29, 1.82) is 0 Å². The van der Waals surface area contributed by atoms with Gasteiger partial charge in [0.15, 0.2) is 0 Å². The molecule has 0 radical (unpaired) electrons. The van der Waals surface area contributed by atoms with Crippen LogP contribution in [-0.4, -0.2) is 70.7 Å². The van der Waals surface area contributed by atoms with Crippen LogP contribution < -0.4 is 5.32 Å². The number of hydrogen-bond donors (Lipinski definition) is 2. The van der Waals surface area contributed by atoms with Gasteiger partial charge in [0, 0.05) is 38.3 Å². The molecule has 0 unspecified atom stereocenters. The van der Waals surface area contributed by atoms with Crippen molar-refractivity contribution in [2.24, 2.45) is 0 Å². The van der Waals surface area contributed by atoms with Gasteiger partial charge in [-0.2, -0.15) is 0 Å². The van der Waals surface area contributed by atoms with E-state index in [4.69, 9.17) is 0 Å². The Labute approximate surface area is 137 Å². The average Bonchev–Trinajstić information content (AvgIpc) is 2.96. The lowest BCUT2D eigenvalue weighted by Crippen LogP contribution is -2.45. The van der Waals surface area contributed by atoms with Gasteiger partial charge in [0.2, 0.25) is 5.91 Å². The van der Waals surface area contributed by atoms with E-state index in [1.807, 2.05) is 6.07 Å². The number of pyridine rings is 1. The van der Waals surface area contributed by atoms with Gasteiger partial charge in [0.25, 0.3) is 0 Å². The molecule has 2 atom stereocenters. The Morgan fingerprint density at radius 3 is 2.87 bits per heavy atom. The van der Waals surface area contributed by atoms with Gasteiger partial charge in [-0.25, -0.2) is 0 Å². The molecule has 0 saturated carbocycles. The van der Waals surface area contributed by atoms with E-state index in [2.05, 4.69) is 20.1 Å². The Hall–Kier alpha value is -1.50. The zero-order chi connectivity index (χ0) is 16.1. The lowest BCUT2D eigenvalue weighted by Gasteiger charge is -2.33. The van der Waals surface area contributed by atoms with Crippen LogP contribution in [0.4, 0.5) is 5.69 Å². The third kappa shape index (κ3) is 4.50.